The SMILES string of the molecule is CC(=O)c1c(O)ccc2c(-c3ccccc3)c(-c3ccccc3)[nH]c12. The van der Waals surface area contributed by atoms with Crippen LogP contribution in [0.15, 0.2) is 72.8 Å². The third-order valence-electron chi connectivity index (χ3n) is 4.43. The van der Waals surface area contributed by atoms with Gasteiger partial charge in [0.05, 0.1) is 16.8 Å². The molecule has 4 aromatic rings. The molecular formula is C22H17NO2. The average Bonchev–Trinajstić information content (AvgIpc) is 3.02. The summed E-state index contributed by atoms with van der Waals surface area (Å²) in [7, 11) is 0. The van der Waals surface area contributed by atoms with Gasteiger partial charge in [0.15, 0.2) is 5.78 Å². The van der Waals surface area contributed by atoms with Crippen LogP contribution in [-0.2, 0) is 0 Å². The number of aromatic amines is 1. The fraction of sp³-hybridized carbons (Fsp3) is 0.0455. The van der Waals surface area contributed by atoms with E-state index in [-0.39, 0.29) is 11.5 Å². The van der Waals surface area contributed by atoms with Crippen LogP contribution in [0.4, 0.5) is 0 Å². The summed E-state index contributed by atoms with van der Waals surface area (Å²) in [4.78, 5) is 15.5. The Kier molecular flexibility index (Phi) is 3.62. The quantitative estimate of drug-likeness (QED) is 0.494. The van der Waals surface area contributed by atoms with E-state index in [1.54, 1.807) is 6.07 Å². The number of aromatic hydroxyl groups is 1. The number of hydrogen-bond acceptors (Lipinski definition) is 2. The highest BCUT2D eigenvalue weighted by atomic mass is 16.3. The number of aromatic nitrogens is 1. The molecule has 0 atom stereocenters. The van der Waals surface area contributed by atoms with Crippen LogP contribution in [0.1, 0.15) is 17.3 Å². The van der Waals surface area contributed by atoms with Gasteiger partial charge in [0.25, 0.3) is 0 Å². The Morgan fingerprint density at radius 2 is 1.44 bits per heavy atom. The minimum Gasteiger partial charge on any atom is -0.507 e. The lowest BCUT2D eigenvalue weighted by atomic mass is 9.97. The molecule has 4 rings (SSSR count). The highest BCUT2D eigenvalue weighted by molar-refractivity contribution is 6.14. The minimum absolute atomic E-state index is 0.000438. The molecule has 3 nitrogen and oxygen atoms in total. The normalized spacial score (nSPS) is 10.9. The van der Waals surface area contributed by atoms with Crippen molar-refractivity contribution in [1.82, 2.24) is 4.98 Å². The van der Waals surface area contributed by atoms with Crippen molar-refractivity contribution in [2.24, 2.45) is 0 Å². The number of Topliss-reactive ketones (excluding diaryl/α,β-unsaturated/α-hetero) is 1. The van der Waals surface area contributed by atoms with E-state index in [4.69, 9.17) is 0 Å². The van der Waals surface area contributed by atoms with Crippen LogP contribution in [-0.4, -0.2) is 15.9 Å². The minimum atomic E-state index is -0.163. The predicted octanol–water partition coefficient (Wildman–Crippen LogP) is 5.41. The summed E-state index contributed by atoms with van der Waals surface area (Å²) < 4.78 is 0. The third-order valence-corrected chi connectivity index (χ3v) is 4.43. The number of carbonyl (C=O) groups excluding carboxylic acids is 1. The van der Waals surface area contributed by atoms with Crippen LogP contribution in [0, 0.1) is 0 Å². The van der Waals surface area contributed by atoms with Crippen molar-refractivity contribution in [3.05, 3.63) is 78.4 Å². The lowest BCUT2D eigenvalue weighted by Crippen LogP contribution is -1.94. The van der Waals surface area contributed by atoms with E-state index >= 15 is 0 Å². The molecule has 0 fully saturated rings. The Morgan fingerprint density at radius 3 is 2.04 bits per heavy atom. The molecule has 1 heterocycles. The van der Waals surface area contributed by atoms with Gasteiger partial charge in [0, 0.05) is 10.9 Å². The molecule has 0 amide bonds. The topological polar surface area (TPSA) is 53.1 Å². The largest absolute Gasteiger partial charge is 0.507 e. The molecule has 0 aliphatic heterocycles. The van der Waals surface area contributed by atoms with Gasteiger partial charge in [-0.15, -0.1) is 0 Å². The lowest BCUT2D eigenvalue weighted by Gasteiger charge is -2.06. The number of hydrogen-bond donors (Lipinski definition) is 2. The Labute approximate surface area is 145 Å². The fourth-order valence-electron chi connectivity index (χ4n) is 3.33. The van der Waals surface area contributed by atoms with Crippen molar-refractivity contribution in [1.29, 1.82) is 0 Å². The van der Waals surface area contributed by atoms with Crippen molar-refractivity contribution in [3.63, 3.8) is 0 Å². The van der Waals surface area contributed by atoms with E-state index in [1.807, 2.05) is 54.6 Å². The first-order chi connectivity index (χ1) is 12.2. The molecule has 0 saturated heterocycles. The maximum atomic E-state index is 12.1. The third kappa shape index (κ3) is 2.50. The fourth-order valence-corrected chi connectivity index (χ4v) is 3.33. The highest BCUT2D eigenvalue weighted by Gasteiger charge is 2.20. The van der Waals surface area contributed by atoms with Crippen LogP contribution < -0.4 is 0 Å². The van der Waals surface area contributed by atoms with E-state index in [1.165, 1.54) is 6.92 Å². The molecule has 1 aromatic heterocycles. The van der Waals surface area contributed by atoms with Crippen LogP contribution in [0.25, 0.3) is 33.3 Å². The van der Waals surface area contributed by atoms with Crippen LogP contribution in [0.3, 0.4) is 0 Å². The monoisotopic (exact) mass is 327 g/mol. The summed E-state index contributed by atoms with van der Waals surface area (Å²) in [6.07, 6.45) is 0. The highest BCUT2D eigenvalue weighted by Crippen LogP contribution is 2.41. The standard InChI is InChI=1S/C22H17NO2/c1-14(24)19-18(25)13-12-17-20(15-8-4-2-5-9-15)21(23-22(17)19)16-10-6-3-7-11-16/h2-13,23,25H,1H3. The molecule has 3 aromatic carbocycles. The zero-order valence-corrected chi connectivity index (χ0v) is 13.8. The number of rotatable bonds is 3. The number of phenols is 1. The molecule has 2 N–H and O–H groups in total. The summed E-state index contributed by atoms with van der Waals surface area (Å²) >= 11 is 0. The van der Waals surface area contributed by atoms with Crippen molar-refractivity contribution in [2.45, 2.75) is 6.92 Å². The summed E-state index contributed by atoms with van der Waals surface area (Å²) in [6, 6.07) is 23.5. The number of H-pyrrole nitrogens is 1. The lowest BCUT2D eigenvalue weighted by molar-refractivity contribution is 0.101. The second kappa shape index (κ2) is 5.95. The van der Waals surface area contributed by atoms with E-state index in [2.05, 4.69) is 17.1 Å². The average molecular weight is 327 g/mol. The maximum absolute atomic E-state index is 12.1. The molecule has 0 radical (unpaired) electrons. The van der Waals surface area contributed by atoms with Gasteiger partial charge in [0.2, 0.25) is 0 Å². The Bertz CT molecular complexity index is 1060. The van der Waals surface area contributed by atoms with E-state index < -0.39 is 0 Å². The first-order valence-corrected chi connectivity index (χ1v) is 8.16. The molecule has 0 bridgehead atoms. The van der Waals surface area contributed by atoms with E-state index in [9.17, 15) is 9.90 Å². The Hall–Kier alpha value is -3.33. The summed E-state index contributed by atoms with van der Waals surface area (Å²) in [5, 5.41) is 11.1. The smallest absolute Gasteiger partial charge is 0.165 e. The number of nitrogens with one attached hydrogen (secondary N) is 1. The number of ketones is 1. The van der Waals surface area contributed by atoms with Crippen molar-refractivity contribution in [2.75, 3.05) is 0 Å². The first-order valence-electron chi connectivity index (χ1n) is 8.16. The maximum Gasteiger partial charge on any atom is 0.165 e. The molecule has 122 valence electrons. The van der Waals surface area contributed by atoms with E-state index in [0.29, 0.717) is 11.1 Å². The number of carbonyl (C=O) groups is 1. The Morgan fingerprint density at radius 1 is 0.840 bits per heavy atom. The van der Waals surface area contributed by atoms with Gasteiger partial charge < -0.3 is 10.1 Å². The summed E-state index contributed by atoms with van der Waals surface area (Å²) in [5.41, 5.74) is 5.07. The molecule has 0 saturated carbocycles. The Balaban J connectivity index is 2.14. The number of phenolic OH excluding ortho intramolecular Hbond substituents is 1. The number of benzene rings is 3. The van der Waals surface area contributed by atoms with Gasteiger partial charge in [-0.2, -0.15) is 0 Å². The molecule has 3 heteroatoms. The van der Waals surface area contributed by atoms with Crippen molar-refractivity contribution in [3.8, 4) is 28.1 Å². The molecule has 0 unspecified atom stereocenters. The predicted molar refractivity (Wildman–Crippen MR) is 101 cm³/mol. The first kappa shape index (κ1) is 15.2. The van der Waals surface area contributed by atoms with Gasteiger partial charge in [-0.3, -0.25) is 4.79 Å². The van der Waals surface area contributed by atoms with Crippen LogP contribution in [0.2, 0.25) is 0 Å². The molecule has 0 aliphatic rings. The second-order valence-corrected chi connectivity index (χ2v) is 6.05. The molecule has 0 spiro atoms. The summed E-state index contributed by atoms with van der Waals surface area (Å²) in [5.74, 6) is -0.163. The van der Waals surface area contributed by atoms with Gasteiger partial charge in [-0.1, -0.05) is 60.7 Å². The van der Waals surface area contributed by atoms with Crippen LogP contribution in [0.5, 0.6) is 5.75 Å². The van der Waals surface area contributed by atoms with Gasteiger partial charge in [-0.05, 0) is 30.2 Å². The molecule has 0 aliphatic carbocycles. The number of fused-ring (bicyclic) bond motifs is 1. The zero-order chi connectivity index (χ0) is 17.4. The molecule has 25 heavy (non-hydrogen) atoms. The van der Waals surface area contributed by atoms with Crippen LogP contribution >= 0.6 is 0 Å². The summed E-state index contributed by atoms with van der Waals surface area (Å²) in [6.45, 7) is 1.47. The van der Waals surface area contributed by atoms with Gasteiger partial charge in [-0.25, -0.2) is 0 Å². The zero-order valence-electron chi connectivity index (χ0n) is 13.8. The van der Waals surface area contributed by atoms with Gasteiger partial charge in [0.1, 0.15) is 5.75 Å². The van der Waals surface area contributed by atoms with E-state index in [0.717, 1.165) is 27.8 Å². The van der Waals surface area contributed by atoms with Gasteiger partial charge >= 0.3 is 0 Å². The van der Waals surface area contributed by atoms with Crippen molar-refractivity contribution < 1.29 is 9.90 Å². The second-order valence-electron chi connectivity index (χ2n) is 6.05. The molecular weight excluding hydrogens is 310 g/mol. The van der Waals surface area contributed by atoms with Crippen molar-refractivity contribution >= 4 is 16.7 Å².